The molecule has 84 valence electrons. The number of phenolic OH excluding ortho intramolecular Hbond substituents is 1. The van der Waals surface area contributed by atoms with Crippen LogP contribution in [0.25, 0.3) is 0 Å². The van der Waals surface area contributed by atoms with Crippen LogP contribution in [-0.4, -0.2) is 11.7 Å². The number of aromatic hydroxyl groups is 1. The molecule has 2 nitrogen and oxygen atoms in total. The van der Waals surface area contributed by atoms with Crippen molar-refractivity contribution in [3.63, 3.8) is 0 Å². The molecule has 3 heteroatoms. The highest BCUT2D eigenvalue weighted by Crippen LogP contribution is 2.34. The van der Waals surface area contributed by atoms with Crippen molar-refractivity contribution < 1.29 is 5.11 Å². The molecule has 0 aliphatic rings. The summed E-state index contributed by atoms with van der Waals surface area (Å²) in [5, 5.41) is 10.6. The van der Waals surface area contributed by atoms with E-state index in [9.17, 15) is 5.11 Å². The van der Waals surface area contributed by atoms with Gasteiger partial charge in [0.1, 0.15) is 5.75 Å². The van der Waals surface area contributed by atoms with Crippen molar-refractivity contribution >= 4 is 11.6 Å². The first kappa shape index (κ1) is 12.3. The highest BCUT2D eigenvalue weighted by atomic mass is 35.5. The Bertz CT molecular complexity index is 350. The molecule has 0 spiro atoms. The zero-order valence-electron chi connectivity index (χ0n) is 9.42. The van der Waals surface area contributed by atoms with Gasteiger partial charge in [0.15, 0.2) is 0 Å². The number of halogens is 1. The second kappa shape index (κ2) is 4.86. The van der Waals surface area contributed by atoms with E-state index in [1.54, 1.807) is 6.07 Å². The lowest BCUT2D eigenvalue weighted by Gasteiger charge is -2.15. The zero-order valence-corrected chi connectivity index (χ0v) is 10.2. The molecule has 0 saturated heterocycles. The van der Waals surface area contributed by atoms with Gasteiger partial charge in [-0.2, -0.15) is 0 Å². The van der Waals surface area contributed by atoms with E-state index >= 15 is 0 Å². The van der Waals surface area contributed by atoms with Gasteiger partial charge < -0.3 is 10.8 Å². The van der Waals surface area contributed by atoms with Crippen molar-refractivity contribution in [2.45, 2.75) is 32.6 Å². The topological polar surface area (TPSA) is 46.2 Å². The summed E-state index contributed by atoms with van der Waals surface area (Å²) in [6.45, 7) is 6.57. The highest BCUT2D eigenvalue weighted by Gasteiger charge is 2.14. The van der Waals surface area contributed by atoms with Crippen LogP contribution in [0.15, 0.2) is 12.1 Å². The van der Waals surface area contributed by atoms with Crippen LogP contribution >= 0.6 is 11.6 Å². The van der Waals surface area contributed by atoms with Crippen LogP contribution in [0.5, 0.6) is 5.75 Å². The Morgan fingerprint density at radius 2 is 1.87 bits per heavy atom. The van der Waals surface area contributed by atoms with Gasteiger partial charge >= 0.3 is 0 Å². The Labute approximate surface area is 96.1 Å². The summed E-state index contributed by atoms with van der Waals surface area (Å²) < 4.78 is 0. The molecule has 1 aromatic rings. The van der Waals surface area contributed by atoms with E-state index in [0.29, 0.717) is 23.2 Å². The summed E-state index contributed by atoms with van der Waals surface area (Å²) >= 11 is 6.15. The Balaban J connectivity index is 3.19. The first-order valence-corrected chi connectivity index (χ1v) is 5.57. The smallest absolute Gasteiger partial charge is 0.119 e. The van der Waals surface area contributed by atoms with Gasteiger partial charge in [-0.1, -0.05) is 32.4 Å². The highest BCUT2D eigenvalue weighted by molar-refractivity contribution is 6.31. The minimum absolute atomic E-state index is 0.128. The van der Waals surface area contributed by atoms with E-state index in [0.717, 1.165) is 11.1 Å². The summed E-state index contributed by atoms with van der Waals surface area (Å²) in [5.41, 5.74) is 7.37. The fraction of sp³-hybridized carbons (Fsp3) is 0.500. The van der Waals surface area contributed by atoms with Gasteiger partial charge in [0.25, 0.3) is 0 Å². The molecule has 0 saturated carbocycles. The molecule has 0 fully saturated rings. The van der Waals surface area contributed by atoms with E-state index < -0.39 is 0 Å². The fourth-order valence-electron chi connectivity index (χ4n) is 1.56. The van der Waals surface area contributed by atoms with Crippen molar-refractivity contribution in [2.75, 3.05) is 6.54 Å². The van der Waals surface area contributed by atoms with E-state index in [1.165, 1.54) is 0 Å². The van der Waals surface area contributed by atoms with Crippen molar-refractivity contribution in [3.05, 3.63) is 28.3 Å². The summed E-state index contributed by atoms with van der Waals surface area (Å²) in [4.78, 5) is 0. The van der Waals surface area contributed by atoms with Crippen LogP contribution in [0, 0.1) is 0 Å². The number of benzene rings is 1. The van der Waals surface area contributed by atoms with E-state index in [2.05, 4.69) is 0 Å². The number of phenols is 1. The third kappa shape index (κ3) is 2.64. The molecule has 1 aromatic carbocycles. The Kier molecular flexibility index (Phi) is 4.00. The van der Waals surface area contributed by atoms with Gasteiger partial charge in [-0.25, -0.2) is 0 Å². The molecule has 0 amide bonds. The predicted molar refractivity (Wildman–Crippen MR) is 64.7 cm³/mol. The van der Waals surface area contributed by atoms with Crippen LogP contribution < -0.4 is 5.73 Å². The monoisotopic (exact) mass is 227 g/mol. The van der Waals surface area contributed by atoms with Crippen LogP contribution in [-0.2, 0) is 0 Å². The number of nitrogens with two attached hydrogens (primary N) is 1. The molecule has 0 heterocycles. The molecule has 0 radical (unpaired) electrons. The maximum atomic E-state index is 9.85. The molecular weight excluding hydrogens is 210 g/mol. The molecule has 0 aliphatic carbocycles. The number of rotatable bonds is 3. The largest absolute Gasteiger partial charge is 0.508 e. The Hall–Kier alpha value is -0.730. The summed E-state index contributed by atoms with van der Waals surface area (Å²) in [6.07, 6.45) is 0. The van der Waals surface area contributed by atoms with Crippen LogP contribution in [0.4, 0.5) is 0 Å². The van der Waals surface area contributed by atoms with Gasteiger partial charge in [0.2, 0.25) is 0 Å². The molecular formula is C12H18ClNO. The van der Waals surface area contributed by atoms with Crippen molar-refractivity contribution in [1.29, 1.82) is 0 Å². The average molecular weight is 228 g/mol. The van der Waals surface area contributed by atoms with Crippen LogP contribution in [0.3, 0.4) is 0 Å². The maximum absolute atomic E-state index is 9.85. The number of hydrogen-bond donors (Lipinski definition) is 2. The van der Waals surface area contributed by atoms with Crippen molar-refractivity contribution in [2.24, 2.45) is 5.73 Å². The first-order chi connectivity index (χ1) is 6.97. The van der Waals surface area contributed by atoms with Gasteiger partial charge in [-0.15, -0.1) is 0 Å². The van der Waals surface area contributed by atoms with E-state index in [-0.39, 0.29) is 5.92 Å². The zero-order chi connectivity index (χ0) is 11.6. The van der Waals surface area contributed by atoms with Crippen LogP contribution in [0.2, 0.25) is 5.02 Å². The third-order valence-corrected chi connectivity index (χ3v) is 2.98. The van der Waals surface area contributed by atoms with Gasteiger partial charge in [0.05, 0.1) is 0 Å². The summed E-state index contributed by atoms with van der Waals surface area (Å²) in [7, 11) is 0. The average Bonchev–Trinajstić information content (AvgIpc) is 2.19. The normalized spacial score (nSPS) is 13.2. The van der Waals surface area contributed by atoms with E-state index in [1.807, 2.05) is 26.8 Å². The standard InChI is InChI=1S/C12H18ClNO/c1-7(2)9-5-12(15)10(4-11(9)13)8(3)6-14/h4-5,7-8,15H,6,14H2,1-3H3. The first-order valence-electron chi connectivity index (χ1n) is 5.19. The second-order valence-corrected chi connectivity index (χ2v) is 4.63. The minimum Gasteiger partial charge on any atom is -0.508 e. The number of hydrogen-bond acceptors (Lipinski definition) is 2. The quantitative estimate of drug-likeness (QED) is 0.833. The molecule has 0 aromatic heterocycles. The second-order valence-electron chi connectivity index (χ2n) is 4.22. The molecule has 15 heavy (non-hydrogen) atoms. The molecule has 1 atom stereocenters. The predicted octanol–water partition coefficient (Wildman–Crippen LogP) is 3.23. The van der Waals surface area contributed by atoms with Crippen molar-refractivity contribution in [1.82, 2.24) is 0 Å². The fourth-order valence-corrected chi connectivity index (χ4v) is 1.95. The third-order valence-electron chi connectivity index (χ3n) is 2.65. The Morgan fingerprint density at radius 1 is 1.27 bits per heavy atom. The molecule has 0 bridgehead atoms. The summed E-state index contributed by atoms with van der Waals surface area (Å²) in [5.74, 6) is 0.732. The lowest BCUT2D eigenvalue weighted by Crippen LogP contribution is -2.09. The van der Waals surface area contributed by atoms with Crippen LogP contribution in [0.1, 0.15) is 43.7 Å². The van der Waals surface area contributed by atoms with Gasteiger partial charge in [0, 0.05) is 5.02 Å². The molecule has 1 rings (SSSR count). The molecule has 3 N–H and O–H groups in total. The van der Waals surface area contributed by atoms with Gasteiger partial charge in [-0.05, 0) is 41.6 Å². The SMILES string of the molecule is CC(C)c1cc(O)c(C(C)CN)cc1Cl. The minimum atomic E-state index is 0.128. The maximum Gasteiger partial charge on any atom is 0.119 e. The van der Waals surface area contributed by atoms with E-state index in [4.69, 9.17) is 17.3 Å². The lowest BCUT2D eigenvalue weighted by molar-refractivity contribution is 0.462. The van der Waals surface area contributed by atoms with Crippen molar-refractivity contribution in [3.8, 4) is 5.75 Å². The molecule has 0 aliphatic heterocycles. The summed E-state index contributed by atoms with van der Waals surface area (Å²) in [6, 6.07) is 3.57. The molecule has 1 unspecified atom stereocenters. The lowest BCUT2D eigenvalue weighted by atomic mass is 9.95. The Morgan fingerprint density at radius 3 is 2.33 bits per heavy atom. The van der Waals surface area contributed by atoms with Gasteiger partial charge in [-0.3, -0.25) is 0 Å².